The summed E-state index contributed by atoms with van der Waals surface area (Å²) in [5.41, 5.74) is 4.69. The van der Waals surface area contributed by atoms with Crippen LogP contribution in [0.15, 0.2) is 54.6 Å². The van der Waals surface area contributed by atoms with Gasteiger partial charge in [0.15, 0.2) is 6.10 Å². The first-order chi connectivity index (χ1) is 13.2. The molecule has 148 valence electrons. The van der Waals surface area contributed by atoms with E-state index < -0.39 is 33.9 Å². The smallest absolute Gasteiger partial charge is 0.341 e. The summed E-state index contributed by atoms with van der Waals surface area (Å²) in [7, 11) is -3.61. The topological polar surface area (TPSA) is 131 Å². The number of ether oxygens (including phenoxy) is 1. The standard InChI is InChI=1S/C18H19N3O6S/c1-12(16(22)19-20-17(23)13-8-4-3-5-9-13)27-18(24)14-10-6-7-11-15(14)21-28(2,25)26/h3-12,21H,1-2H3,(H,19,22)(H,20,23)/t12-/m0/s1. The summed E-state index contributed by atoms with van der Waals surface area (Å²) in [6.07, 6.45) is -0.296. The second-order valence-electron chi connectivity index (χ2n) is 5.78. The lowest BCUT2D eigenvalue weighted by Crippen LogP contribution is -2.46. The molecular formula is C18H19N3O6S. The van der Waals surface area contributed by atoms with Crippen molar-refractivity contribution in [1.29, 1.82) is 0 Å². The molecule has 0 saturated carbocycles. The van der Waals surface area contributed by atoms with Gasteiger partial charge in [-0.25, -0.2) is 13.2 Å². The summed E-state index contributed by atoms with van der Waals surface area (Å²) in [5.74, 6) is -2.19. The van der Waals surface area contributed by atoms with Crippen LogP contribution in [0, 0.1) is 0 Å². The Labute approximate surface area is 162 Å². The highest BCUT2D eigenvalue weighted by atomic mass is 32.2. The van der Waals surface area contributed by atoms with E-state index in [9.17, 15) is 22.8 Å². The molecule has 0 heterocycles. The zero-order chi connectivity index (χ0) is 20.7. The summed E-state index contributed by atoms with van der Waals surface area (Å²) in [6, 6.07) is 14.0. The number of esters is 1. The van der Waals surface area contributed by atoms with Gasteiger partial charge in [0.05, 0.1) is 17.5 Å². The van der Waals surface area contributed by atoms with Crippen LogP contribution >= 0.6 is 0 Å². The van der Waals surface area contributed by atoms with E-state index in [0.717, 1.165) is 6.26 Å². The van der Waals surface area contributed by atoms with Crippen LogP contribution in [-0.2, 0) is 19.6 Å². The number of hydrogen-bond donors (Lipinski definition) is 3. The van der Waals surface area contributed by atoms with Gasteiger partial charge in [0, 0.05) is 5.56 Å². The van der Waals surface area contributed by atoms with Gasteiger partial charge in [-0.05, 0) is 31.2 Å². The highest BCUT2D eigenvalue weighted by molar-refractivity contribution is 7.92. The van der Waals surface area contributed by atoms with Gasteiger partial charge in [-0.15, -0.1) is 0 Å². The Balaban J connectivity index is 1.97. The number of nitrogens with one attached hydrogen (secondary N) is 3. The third-order valence-corrected chi connectivity index (χ3v) is 4.02. The van der Waals surface area contributed by atoms with E-state index in [0.29, 0.717) is 5.56 Å². The van der Waals surface area contributed by atoms with Crippen LogP contribution in [0.4, 0.5) is 5.69 Å². The highest BCUT2D eigenvalue weighted by Gasteiger charge is 2.22. The van der Waals surface area contributed by atoms with E-state index in [4.69, 9.17) is 4.74 Å². The van der Waals surface area contributed by atoms with E-state index in [1.54, 1.807) is 36.4 Å². The summed E-state index contributed by atoms with van der Waals surface area (Å²) >= 11 is 0. The lowest BCUT2D eigenvalue weighted by molar-refractivity contribution is -0.129. The molecule has 10 heteroatoms. The zero-order valence-corrected chi connectivity index (χ0v) is 15.9. The highest BCUT2D eigenvalue weighted by Crippen LogP contribution is 2.18. The number of anilines is 1. The fourth-order valence-electron chi connectivity index (χ4n) is 2.11. The molecule has 0 aliphatic rings. The van der Waals surface area contributed by atoms with Crippen molar-refractivity contribution in [2.45, 2.75) is 13.0 Å². The molecular weight excluding hydrogens is 386 g/mol. The number of hydrogen-bond acceptors (Lipinski definition) is 6. The van der Waals surface area contributed by atoms with Crippen molar-refractivity contribution in [3.8, 4) is 0 Å². The number of rotatable bonds is 6. The maximum absolute atomic E-state index is 12.3. The van der Waals surface area contributed by atoms with Crippen LogP contribution < -0.4 is 15.6 Å². The maximum atomic E-state index is 12.3. The van der Waals surface area contributed by atoms with Gasteiger partial charge in [-0.3, -0.25) is 25.2 Å². The van der Waals surface area contributed by atoms with Gasteiger partial charge in [0.25, 0.3) is 11.8 Å². The second kappa shape index (κ2) is 9.00. The number of carbonyl (C=O) groups excluding carboxylic acids is 3. The van der Waals surface area contributed by atoms with Crippen molar-refractivity contribution in [2.24, 2.45) is 0 Å². The summed E-state index contributed by atoms with van der Waals surface area (Å²) in [5, 5.41) is 0. The lowest BCUT2D eigenvalue weighted by atomic mass is 10.2. The predicted octanol–water partition coefficient (Wildman–Crippen LogP) is 1.06. The van der Waals surface area contributed by atoms with Crippen LogP contribution in [-0.4, -0.2) is 38.6 Å². The number of sulfonamides is 1. The number of benzene rings is 2. The first-order valence-electron chi connectivity index (χ1n) is 8.10. The van der Waals surface area contributed by atoms with E-state index in [1.165, 1.54) is 25.1 Å². The van der Waals surface area contributed by atoms with Crippen molar-refractivity contribution in [3.05, 3.63) is 65.7 Å². The minimum Gasteiger partial charge on any atom is -0.449 e. The SMILES string of the molecule is C[C@H](OC(=O)c1ccccc1NS(C)(=O)=O)C(=O)NNC(=O)c1ccccc1. The van der Waals surface area contributed by atoms with Crippen molar-refractivity contribution < 1.29 is 27.5 Å². The van der Waals surface area contributed by atoms with Crippen molar-refractivity contribution in [2.75, 3.05) is 11.0 Å². The van der Waals surface area contributed by atoms with Crippen molar-refractivity contribution in [3.63, 3.8) is 0 Å². The minimum atomic E-state index is -3.61. The molecule has 9 nitrogen and oxygen atoms in total. The summed E-state index contributed by atoms with van der Waals surface area (Å²) in [6.45, 7) is 1.31. The molecule has 0 fully saturated rings. The van der Waals surface area contributed by atoms with Crippen LogP contribution in [0.5, 0.6) is 0 Å². The minimum absolute atomic E-state index is 0.0278. The maximum Gasteiger partial charge on any atom is 0.341 e. The first kappa shape index (κ1) is 20.9. The first-order valence-corrected chi connectivity index (χ1v) is 9.99. The predicted molar refractivity (Wildman–Crippen MR) is 102 cm³/mol. The molecule has 0 aliphatic heterocycles. The molecule has 28 heavy (non-hydrogen) atoms. The lowest BCUT2D eigenvalue weighted by Gasteiger charge is -2.15. The number of amides is 2. The summed E-state index contributed by atoms with van der Waals surface area (Å²) < 4.78 is 30.1. The van der Waals surface area contributed by atoms with E-state index in [-0.39, 0.29) is 11.3 Å². The Kier molecular flexibility index (Phi) is 6.72. The zero-order valence-electron chi connectivity index (χ0n) is 15.1. The summed E-state index contributed by atoms with van der Waals surface area (Å²) in [4.78, 5) is 36.2. The molecule has 0 unspecified atom stereocenters. The molecule has 2 rings (SSSR count). The Bertz CT molecular complexity index is 976. The van der Waals surface area contributed by atoms with Crippen LogP contribution in [0.1, 0.15) is 27.6 Å². The van der Waals surface area contributed by atoms with Gasteiger partial charge in [-0.2, -0.15) is 0 Å². The van der Waals surface area contributed by atoms with Gasteiger partial charge in [-0.1, -0.05) is 30.3 Å². The average Bonchev–Trinajstić information content (AvgIpc) is 2.65. The van der Waals surface area contributed by atoms with Crippen LogP contribution in [0.2, 0.25) is 0 Å². The Morgan fingerprint density at radius 2 is 1.54 bits per heavy atom. The molecule has 0 aromatic heterocycles. The van der Waals surface area contributed by atoms with Gasteiger partial charge < -0.3 is 4.74 Å². The van der Waals surface area contributed by atoms with Gasteiger partial charge in [0.1, 0.15) is 0 Å². The Hall–Kier alpha value is -3.40. The van der Waals surface area contributed by atoms with Crippen LogP contribution in [0.3, 0.4) is 0 Å². The van der Waals surface area contributed by atoms with Gasteiger partial charge in [0.2, 0.25) is 10.0 Å². The van der Waals surface area contributed by atoms with E-state index >= 15 is 0 Å². The molecule has 2 amide bonds. The Morgan fingerprint density at radius 3 is 2.18 bits per heavy atom. The van der Waals surface area contributed by atoms with Crippen LogP contribution in [0.25, 0.3) is 0 Å². The normalized spacial score (nSPS) is 11.8. The molecule has 0 radical (unpaired) electrons. The second-order valence-corrected chi connectivity index (χ2v) is 7.53. The third-order valence-electron chi connectivity index (χ3n) is 3.43. The number of hydrazine groups is 1. The quantitative estimate of drug-likeness (QED) is 0.487. The molecule has 1 atom stereocenters. The van der Waals surface area contributed by atoms with E-state index in [1.807, 2.05) is 0 Å². The largest absolute Gasteiger partial charge is 0.449 e. The van der Waals surface area contributed by atoms with Crippen molar-refractivity contribution >= 4 is 33.5 Å². The number of para-hydroxylation sites is 1. The molecule has 0 bridgehead atoms. The molecule has 0 aliphatic carbocycles. The third kappa shape index (κ3) is 6.09. The monoisotopic (exact) mass is 405 g/mol. The van der Waals surface area contributed by atoms with Crippen molar-refractivity contribution in [1.82, 2.24) is 10.9 Å². The number of carbonyl (C=O) groups is 3. The van der Waals surface area contributed by atoms with E-state index in [2.05, 4.69) is 15.6 Å². The molecule has 3 N–H and O–H groups in total. The van der Waals surface area contributed by atoms with Gasteiger partial charge >= 0.3 is 5.97 Å². The molecule has 0 spiro atoms. The fourth-order valence-corrected chi connectivity index (χ4v) is 2.69. The molecule has 2 aromatic carbocycles. The Morgan fingerprint density at radius 1 is 0.929 bits per heavy atom. The molecule has 2 aromatic rings. The fraction of sp³-hybridized carbons (Fsp3) is 0.167. The average molecular weight is 405 g/mol. The molecule has 0 saturated heterocycles.